The molecular formula is C61H40N2. The Balaban J connectivity index is 1.05. The zero-order valence-electron chi connectivity index (χ0n) is 34.5. The number of para-hydroxylation sites is 4. The lowest BCUT2D eigenvalue weighted by Gasteiger charge is -2.39. The Labute approximate surface area is 367 Å². The van der Waals surface area contributed by atoms with E-state index in [0.717, 1.165) is 17.1 Å². The summed E-state index contributed by atoms with van der Waals surface area (Å²) in [4.78, 5) is 2.46. The molecule has 1 aliphatic carbocycles. The summed E-state index contributed by atoms with van der Waals surface area (Å²) < 4.78 is 2.51. The number of anilines is 3. The predicted octanol–water partition coefficient (Wildman–Crippen LogP) is 15.9. The molecule has 0 saturated carbocycles. The molecule has 1 aliphatic heterocycles. The molecule has 0 bridgehead atoms. The van der Waals surface area contributed by atoms with Crippen LogP contribution in [0.5, 0.6) is 0 Å². The summed E-state index contributed by atoms with van der Waals surface area (Å²) in [5.74, 6) is 0. The molecule has 10 aromatic carbocycles. The second kappa shape index (κ2) is 13.9. The van der Waals surface area contributed by atoms with E-state index in [4.69, 9.17) is 0 Å². The Kier molecular flexibility index (Phi) is 7.85. The minimum absolute atomic E-state index is 0.511. The summed E-state index contributed by atoms with van der Waals surface area (Å²) in [5, 5.41) is 2.57. The van der Waals surface area contributed by atoms with Gasteiger partial charge in [-0.2, -0.15) is 0 Å². The van der Waals surface area contributed by atoms with Gasteiger partial charge in [-0.25, -0.2) is 0 Å². The fraction of sp³-hybridized carbons (Fsp3) is 0.0164. The fourth-order valence-corrected chi connectivity index (χ4v) is 11.0. The van der Waals surface area contributed by atoms with Gasteiger partial charge in [0.05, 0.1) is 27.8 Å². The summed E-state index contributed by atoms with van der Waals surface area (Å²) in [6, 6.07) is 89.5. The van der Waals surface area contributed by atoms with Crippen LogP contribution < -0.4 is 4.90 Å². The number of hydrogen-bond acceptors (Lipinski definition) is 1. The third kappa shape index (κ3) is 5.19. The quantitative estimate of drug-likeness (QED) is 0.163. The summed E-state index contributed by atoms with van der Waals surface area (Å²) in [7, 11) is 0. The van der Waals surface area contributed by atoms with Crippen LogP contribution in [0.25, 0.3) is 72.0 Å². The number of rotatable bonds is 6. The number of nitrogens with zero attached hydrogens (tertiary/aromatic N) is 2. The van der Waals surface area contributed by atoms with Crippen LogP contribution in [0.1, 0.15) is 22.3 Å². The van der Waals surface area contributed by atoms with Gasteiger partial charge in [-0.15, -0.1) is 0 Å². The van der Waals surface area contributed by atoms with E-state index in [2.05, 4.69) is 252 Å². The zero-order chi connectivity index (χ0) is 41.5. The van der Waals surface area contributed by atoms with Gasteiger partial charge in [-0.05, 0) is 110 Å². The molecular weight excluding hydrogens is 761 g/mol. The number of aromatic nitrogens is 1. The first kappa shape index (κ1) is 35.5. The highest BCUT2D eigenvalue weighted by molar-refractivity contribution is 6.13. The third-order valence-electron chi connectivity index (χ3n) is 13.6. The molecule has 0 N–H and O–H groups in total. The molecule has 0 saturated heterocycles. The van der Waals surface area contributed by atoms with Crippen LogP contribution in [0.3, 0.4) is 0 Å². The maximum Gasteiger partial charge on any atom is 0.0754 e. The molecule has 2 heterocycles. The molecule has 294 valence electrons. The van der Waals surface area contributed by atoms with Gasteiger partial charge in [-0.3, -0.25) is 0 Å². The summed E-state index contributed by atoms with van der Waals surface area (Å²) in [5.41, 5.74) is 21.5. The highest BCUT2D eigenvalue weighted by Crippen LogP contribution is 2.61. The molecule has 2 aliphatic rings. The maximum absolute atomic E-state index is 2.51. The topological polar surface area (TPSA) is 8.17 Å². The zero-order valence-corrected chi connectivity index (χ0v) is 34.5. The van der Waals surface area contributed by atoms with E-state index in [9.17, 15) is 0 Å². The first-order valence-corrected chi connectivity index (χ1v) is 21.8. The largest absolute Gasteiger partial charge is 0.310 e. The Morgan fingerprint density at radius 2 is 0.873 bits per heavy atom. The van der Waals surface area contributed by atoms with Crippen molar-refractivity contribution in [2.45, 2.75) is 5.41 Å². The highest BCUT2D eigenvalue weighted by Gasteiger charge is 2.50. The van der Waals surface area contributed by atoms with Gasteiger partial charge in [0.2, 0.25) is 0 Å². The normalized spacial score (nSPS) is 14.4. The van der Waals surface area contributed by atoms with Gasteiger partial charge in [0.25, 0.3) is 0 Å². The Morgan fingerprint density at radius 3 is 1.70 bits per heavy atom. The van der Waals surface area contributed by atoms with Crippen LogP contribution in [-0.2, 0) is 5.41 Å². The van der Waals surface area contributed by atoms with Crippen LogP contribution >= 0.6 is 0 Å². The van der Waals surface area contributed by atoms with Gasteiger partial charge in [0.15, 0.2) is 0 Å². The fourth-order valence-electron chi connectivity index (χ4n) is 11.0. The predicted molar refractivity (Wildman–Crippen MR) is 263 cm³/mol. The van der Waals surface area contributed by atoms with Crippen molar-refractivity contribution in [2.75, 3.05) is 4.90 Å². The average Bonchev–Trinajstić information content (AvgIpc) is 3.85. The van der Waals surface area contributed by atoms with Crippen molar-refractivity contribution in [1.82, 2.24) is 4.57 Å². The van der Waals surface area contributed by atoms with Gasteiger partial charge in [0, 0.05) is 27.7 Å². The molecule has 63 heavy (non-hydrogen) atoms. The molecule has 1 unspecified atom stereocenters. The van der Waals surface area contributed by atoms with Crippen molar-refractivity contribution in [3.05, 3.63) is 265 Å². The third-order valence-corrected chi connectivity index (χ3v) is 13.6. The SMILES string of the molecule is c1ccc(-c2ccc(N(c3ccc4c(c3)-c3ccccc3C43c4ccccc4-n4c5ccccc5c5cccc3c54)c3ccccc3-c3cccc(-c4ccccc4)c3)cc2)cc1. The van der Waals surface area contributed by atoms with E-state index >= 15 is 0 Å². The van der Waals surface area contributed by atoms with E-state index in [1.54, 1.807) is 0 Å². The number of benzene rings is 10. The first-order valence-electron chi connectivity index (χ1n) is 21.8. The summed E-state index contributed by atoms with van der Waals surface area (Å²) in [6.07, 6.45) is 0. The van der Waals surface area contributed by atoms with Crippen molar-refractivity contribution >= 4 is 38.9 Å². The van der Waals surface area contributed by atoms with Crippen molar-refractivity contribution in [3.8, 4) is 50.2 Å². The van der Waals surface area contributed by atoms with E-state index in [0.29, 0.717) is 0 Å². The highest BCUT2D eigenvalue weighted by atomic mass is 15.1. The van der Waals surface area contributed by atoms with Crippen molar-refractivity contribution in [3.63, 3.8) is 0 Å². The second-order valence-electron chi connectivity index (χ2n) is 16.8. The summed E-state index contributed by atoms with van der Waals surface area (Å²) in [6.45, 7) is 0. The van der Waals surface area contributed by atoms with Crippen molar-refractivity contribution in [1.29, 1.82) is 0 Å². The molecule has 2 nitrogen and oxygen atoms in total. The molecule has 2 heteroatoms. The lowest BCUT2D eigenvalue weighted by atomic mass is 9.65. The van der Waals surface area contributed by atoms with Crippen LogP contribution in [0, 0.1) is 0 Å². The number of hydrogen-bond donors (Lipinski definition) is 0. The van der Waals surface area contributed by atoms with Crippen LogP contribution in [-0.4, -0.2) is 4.57 Å². The minimum atomic E-state index is -0.511. The molecule has 13 rings (SSSR count). The van der Waals surface area contributed by atoms with E-state index in [1.807, 2.05) is 0 Å². The molecule has 1 aromatic heterocycles. The van der Waals surface area contributed by atoms with Crippen molar-refractivity contribution < 1.29 is 0 Å². The van der Waals surface area contributed by atoms with Gasteiger partial charge >= 0.3 is 0 Å². The summed E-state index contributed by atoms with van der Waals surface area (Å²) >= 11 is 0. The molecule has 1 atom stereocenters. The molecule has 1 spiro atoms. The second-order valence-corrected chi connectivity index (χ2v) is 16.8. The van der Waals surface area contributed by atoms with Crippen molar-refractivity contribution in [2.24, 2.45) is 0 Å². The first-order chi connectivity index (χ1) is 31.3. The van der Waals surface area contributed by atoms with E-state index in [1.165, 1.54) is 94.3 Å². The number of fused-ring (bicyclic) bond motifs is 12. The van der Waals surface area contributed by atoms with Gasteiger partial charge < -0.3 is 9.47 Å². The minimum Gasteiger partial charge on any atom is -0.310 e. The lowest BCUT2D eigenvalue weighted by Crippen LogP contribution is -2.33. The van der Waals surface area contributed by atoms with Crippen LogP contribution in [0.15, 0.2) is 243 Å². The van der Waals surface area contributed by atoms with Gasteiger partial charge in [-0.1, -0.05) is 194 Å². The van der Waals surface area contributed by atoms with E-state index < -0.39 is 5.41 Å². The molecule has 11 aromatic rings. The lowest BCUT2D eigenvalue weighted by molar-refractivity contribution is 0.748. The van der Waals surface area contributed by atoms with Crippen LogP contribution in [0.4, 0.5) is 17.1 Å². The maximum atomic E-state index is 2.51. The molecule has 0 amide bonds. The average molecular weight is 801 g/mol. The van der Waals surface area contributed by atoms with Crippen LogP contribution in [0.2, 0.25) is 0 Å². The molecule has 0 fully saturated rings. The monoisotopic (exact) mass is 800 g/mol. The van der Waals surface area contributed by atoms with E-state index in [-0.39, 0.29) is 0 Å². The molecule has 0 radical (unpaired) electrons. The Hall–Kier alpha value is -8.20. The Bertz CT molecular complexity index is 3560. The standard InChI is InChI=1S/C61H40N2/c1-3-17-41(18-4-1)43-33-35-46(36-34-43)62(57-30-12-8-23-48(57)45-22-15-21-44(39-45)42-19-5-2-6-20-42)47-37-38-54-52(40-47)49-24-7-10-27-53(49)61(54)55-28-11-14-32-59(55)63-58-31-13-9-25-50(58)51-26-16-29-56(61)60(51)63/h1-40H. The Morgan fingerprint density at radius 1 is 0.317 bits per heavy atom. The van der Waals surface area contributed by atoms with Gasteiger partial charge in [0.1, 0.15) is 0 Å². The smallest absolute Gasteiger partial charge is 0.0754 e.